The lowest BCUT2D eigenvalue weighted by molar-refractivity contribution is -0.136. The summed E-state index contributed by atoms with van der Waals surface area (Å²) >= 11 is 2.29. The third kappa shape index (κ3) is 2.11. The second kappa shape index (κ2) is 5.11. The molecule has 0 saturated carbocycles. The molecular weight excluding hydrogens is 358 g/mol. The fourth-order valence-corrected chi connectivity index (χ4v) is 4.65. The topological polar surface area (TPSA) is 0 Å². The molecule has 0 fully saturated rings. The van der Waals surface area contributed by atoms with E-state index in [1.54, 1.807) is 6.07 Å². The Kier molecular flexibility index (Phi) is 3.68. The number of alkyl halides is 4. The van der Waals surface area contributed by atoms with Gasteiger partial charge in [-0.05, 0) is 36.9 Å². The normalized spacial score (nSPS) is 27.0. The van der Waals surface area contributed by atoms with E-state index in [-0.39, 0.29) is 4.88 Å². The van der Waals surface area contributed by atoms with Gasteiger partial charge < -0.3 is 0 Å². The van der Waals surface area contributed by atoms with Crippen LogP contribution < -0.4 is 0 Å². The first-order valence-corrected chi connectivity index (χ1v) is 8.23. The van der Waals surface area contributed by atoms with E-state index in [0.717, 1.165) is 23.0 Å². The number of hydrogen-bond acceptors (Lipinski definition) is 2. The molecule has 3 rings (SSSR count). The highest BCUT2D eigenvalue weighted by atomic mass is 32.1. The minimum atomic E-state index is -4.88. The van der Waals surface area contributed by atoms with Crippen LogP contribution in [0.3, 0.4) is 0 Å². The zero-order valence-corrected chi connectivity index (χ0v) is 13.5. The van der Waals surface area contributed by atoms with Crippen molar-refractivity contribution in [2.75, 3.05) is 0 Å². The van der Waals surface area contributed by atoms with Gasteiger partial charge in [-0.2, -0.15) is 8.78 Å². The number of rotatable bonds is 2. The van der Waals surface area contributed by atoms with Crippen molar-refractivity contribution in [2.24, 2.45) is 0 Å². The molecule has 2 aromatic rings. The van der Waals surface area contributed by atoms with Crippen LogP contribution in [0.15, 0.2) is 29.2 Å². The van der Waals surface area contributed by atoms with E-state index in [1.165, 1.54) is 18.3 Å². The molecule has 1 aliphatic carbocycles. The minimum absolute atomic E-state index is 0.0541. The second-order valence-electron chi connectivity index (χ2n) is 5.38. The third-order valence-electron chi connectivity index (χ3n) is 3.80. The summed E-state index contributed by atoms with van der Waals surface area (Å²) in [5, 5.41) is 1.82. The van der Waals surface area contributed by atoms with Crippen molar-refractivity contribution in [1.29, 1.82) is 0 Å². The van der Waals surface area contributed by atoms with Gasteiger partial charge in [0.1, 0.15) is 0 Å². The van der Waals surface area contributed by atoms with Gasteiger partial charge in [-0.3, -0.25) is 0 Å². The molecule has 0 nitrogen and oxygen atoms in total. The molecule has 2 unspecified atom stereocenters. The molecule has 0 saturated heterocycles. The number of thiophene rings is 2. The lowest BCUT2D eigenvalue weighted by Gasteiger charge is -2.28. The first-order chi connectivity index (χ1) is 10.6. The molecule has 0 spiro atoms. The van der Waals surface area contributed by atoms with Gasteiger partial charge in [0.05, 0.1) is 0 Å². The summed E-state index contributed by atoms with van der Waals surface area (Å²) in [4.78, 5) is 1.19. The maximum atomic E-state index is 14.9. The average molecular weight is 368 g/mol. The summed E-state index contributed by atoms with van der Waals surface area (Å²) in [5.41, 5.74) is -3.86. The molecule has 0 bridgehead atoms. The van der Waals surface area contributed by atoms with Gasteiger partial charge in [-0.15, -0.1) is 22.7 Å². The van der Waals surface area contributed by atoms with Crippen molar-refractivity contribution < 1.29 is 26.3 Å². The molecule has 23 heavy (non-hydrogen) atoms. The van der Waals surface area contributed by atoms with Crippen LogP contribution in [-0.2, 0) is 5.67 Å². The van der Waals surface area contributed by atoms with Gasteiger partial charge in [-0.25, -0.2) is 17.6 Å². The number of aryl methyl sites for hydroxylation is 2. The Balaban J connectivity index is 2.14. The Morgan fingerprint density at radius 1 is 1.04 bits per heavy atom. The fourth-order valence-electron chi connectivity index (χ4n) is 2.59. The highest BCUT2D eigenvalue weighted by Crippen LogP contribution is 2.59. The van der Waals surface area contributed by atoms with Gasteiger partial charge in [0.2, 0.25) is 11.5 Å². The first-order valence-electron chi connectivity index (χ1n) is 6.53. The maximum Gasteiger partial charge on any atom is 0.342 e. The molecule has 2 atom stereocenters. The summed E-state index contributed by atoms with van der Waals surface area (Å²) in [6.45, 7) is 3.15. The Morgan fingerprint density at radius 3 is 2.17 bits per heavy atom. The van der Waals surface area contributed by atoms with E-state index in [9.17, 15) is 26.3 Å². The van der Waals surface area contributed by atoms with Crippen LogP contribution in [0, 0.1) is 13.8 Å². The average Bonchev–Trinajstić information content (AvgIpc) is 3.11. The first kappa shape index (κ1) is 16.6. The fraction of sp³-hybridized carbons (Fsp3) is 0.333. The molecule has 0 aromatic carbocycles. The Morgan fingerprint density at radius 2 is 1.70 bits per heavy atom. The number of allylic oxidation sites excluding steroid dienone is 2. The highest BCUT2D eigenvalue weighted by Gasteiger charge is 2.72. The molecule has 2 aromatic heterocycles. The van der Waals surface area contributed by atoms with Crippen molar-refractivity contribution in [1.82, 2.24) is 0 Å². The van der Waals surface area contributed by atoms with E-state index in [4.69, 9.17) is 0 Å². The van der Waals surface area contributed by atoms with Crippen molar-refractivity contribution in [3.8, 4) is 9.75 Å². The van der Waals surface area contributed by atoms with Crippen molar-refractivity contribution >= 4 is 22.7 Å². The third-order valence-corrected chi connectivity index (χ3v) is 6.09. The Labute approximate surface area is 136 Å². The molecule has 0 amide bonds. The molecule has 0 N–H and O–H groups in total. The minimum Gasteiger partial charge on any atom is -0.235 e. The Hall–Kier alpha value is -1.28. The van der Waals surface area contributed by atoms with Crippen LogP contribution in [-0.4, -0.2) is 12.1 Å². The Bertz CT molecular complexity index is 803. The molecule has 0 aliphatic heterocycles. The molecular formula is C15H10F6S2. The van der Waals surface area contributed by atoms with E-state index >= 15 is 0 Å². The zero-order valence-electron chi connectivity index (χ0n) is 11.9. The highest BCUT2D eigenvalue weighted by molar-refractivity contribution is 7.21. The lowest BCUT2D eigenvalue weighted by atomic mass is 9.89. The maximum absolute atomic E-state index is 14.9. The lowest BCUT2D eigenvalue weighted by Crippen LogP contribution is -2.44. The standard InChI is InChI=1S/C15H10F6S2/c1-6-3-9(22-5-6)10-4-8(7(2)23-10)14(19)12(17)11(16)13(18)15(14,20)21/h3-5,12H,1-2H3. The predicted molar refractivity (Wildman–Crippen MR) is 79.0 cm³/mol. The summed E-state index contributed by atoms with van der Waals surface area (Å²) in [6, 6.07) is 2.82. The quantitative estimate of drug-likeness (QED) is 0.538. The van der Waals surface area contributed by atoms with E-state index in [2.05, 4.69) is 0 Å². The van der Waals surface area contributed by atoms with Crippen LogP contribution in [0.4, 0.5) is 26.3 Å². The number of hydrogen-bond donors (Lipinski definition) is 0. The summed E-state index contributed by atoms with van der Waals surface area (Å²) in [5.74, 6) is -9.94. The predicted octanol–water partition coefficient (Wildman–Crippen LogP) is 6.40. The largest absolute Gasteiger partial charge is 0.342 e. The zero-order chi connectivity index (χ0) is 17.2. The number of halogens is 6. The van der Waals surface area contributed by atoms with Crippen LogP contribution in [0.2, 0.25) is 0 Å². The molecule has 8 heteroatoms. The SMILES string of the molecule is Cc1csc(-c2cc(C3(F)C(F)C(F)=C(F)C3(F)F)c(C)s2)c1. The molecule has 124 valence electrons. The van der Waals surface area contributed by atoms with E-state index in [1.807, 2.05) is 12.3 Å². The van der Waals surface area contributed by atoms with E-state index < -0.39 is 35.0 Å². The van der Waals surface area contributed by atoms with Gasteiger partial charge in [0.25, 0.3) is 0 Å². The van der Waals surface area contributed by atoms with Crippen molar-refractivity contribution in [2.45, 2.75) is 31.6 Å². The van der Waals surface area contributed by atoms with Crippen LogP contribution in [0.1, 0.15) is 16.0 Å². The molecule has 2 heterocycles. The smallest absolute Gasteiger partial charge is 0.235 e. The molecule has 1 aliphatic rings. The van der Waals surface area contributed by atoms with Crippen LogP contribution in [0.25, 0.3) is 9.75 Å². The van der Waals surface area contributed by atoms with Crippen molar-refractivity contribution in [3.63, 3.8) is 0 Å². The van der Waals surface area contributed by atoms with Crippen LogP contribution in [0.5, 0.6) is 0 Å². The van der Waals surface area contributed by atoms with Gasteiger partial charge in [0, 0.05) is 20.2 Å². The molecule has 0 radical (unpaired) electrons. The summed E-state index contributed by atoms with van der Waals surface area (Å²) in [7, 11) is 0. The van der Waals surface area contributed by atoms with Gasteiger partial charge in [0.15, 0.2) is 12.0 Å². The summed E-state index contributed by atoms with van der Waals surface area (Å²) in [6.07, 6.45) is -3.37. The van der Waals surface area contributed by atoms with E-state index in [0.29, 0.717) is 9.75 Å². The van der Waals surface area contributed by atoms with Gasteiger partial charge in [-0.1, -0.05) is 0 Å². The second-order valence-corrected chi connectivity index (χ2v) is 7.55. The van der Waals surface area contributed by atoms with Crippen molar-refractivity contribution in [3.05, 3.63) is 45.2 Å². The monoisotopic (exact) mass is 368 g/mol. The van der Waals surface area contributed by atoms with Crippen LogP contribution >= 0.6 is 22.7 Å². The van der Waals surface area contributed by atoms with Gasteiger partial charge >= 0.3 is 5.92 Å². The summed E-state index contributed by atoms with van der Waals surface area (Å²) < 4.78 is 83.1.